The van der Waals surface area contributed by atoms with Gasteiger partial charge in [0.2, 0.25) is 0 Å². The van der Waals surface area contributed by atoms with Gasteiger partial charge in [-0.3, -0.25) is 14.2 Å². The van der Waals surface area contributed by atoms with Gasteiger partial charge in [-0.15, -0.1) is 11.3 Å². The van der Waals surface area contributed by atoms with Crippen molar-refractivity contribution in [3.63, 3.8) is 0 Å². The molecule has 0 spiro atoms. The van der Waals surface area contributed by atoms with Gasteiger partial charge < -0.3 is 0 Å². The van der Waals surface area contributed by atoms with Gasteiger partial charge in [-0.05, 0) is 44.4 Å². The molecule has 2 aromatic heterocycles. The van der Waals surface area contributed by atoms with Crippen LogP contribution in [0, 0.1) is 20.8 Å². The largest absolute Gasteiger partial charge is 0.300 e. The van der Waals surface area contributed by atoms with E-state index in [-0.39, 0.29) is 17.3 Å². The van der Waals surface area contributed by atoms with E-state index in [2.05, 4.69) is 32.0 Å². The van der Waals surface area contributed by atoms with Gasteiger partial charge in [-0.25, -0.2) is 4.98 Å². The highest BCUT2D eigenvalue weighted by Gasteiger charge is 2.21. The molecule has 0 bridgehead atoms. The number of thiophene rings is 1. The molecule has 0 aliphatic carbocycles. The lowest BCUT2D eigenvalue weighted by Gasteiger charge is -2.15. The van der Waals surface area contributed by atoms with Gasteiger partial charge in [-0.2, -0.15) is 0 Å². The molecule has 0 atom stereocenters. The molecule has 0 amide bonds. The molecule has 0 fully saturated rings. The standard InChI is InChI=1S/C22H26N2O2S/c1-12(2)20-23-21-19(22(26)24(20)10-9-15(5)25)18(16(6)27-21)17-8-7-13(3)14(4)11-17/h7-8,11-12H,9-10H2,1-6H3. The number of aromatic nitrogens is 2. The quantitative estimate of drug-likeness (QED) is 0.613. The third-order valence-electron chi connectivity index (χ3n) is 5.02. The Morgan fingerprint density at radius 3 is 2.48 bits per heavy atom. The molecule has 0 saturated heterocycles. The molecule has 0 saturated carbocycles. The van der Waals surface area contributed by atoms with Crippen LogP contribution < -0.4 is 5.56 Å². The normalized spacial score (nSPS) is 11.5. The Morgan fingerprint density at radius 2 is 1.89 bits per heavy atom. The first-order chi connectivity index (χ1) is 12.7. The van der Waals surface area contributed by atoms with Gasteiger partial charge in [0, 0.05) is 29.3 Å². The zero-order valence-corrected chi connectivity index (χ0v) is 17.7. The Bertz CT molecular complexity index is 1090. The summed E-state index contributed by atoms with van der Waals surface area (Å²) < 4.78 is 1.70. The predicted octanol–water partition coefficient (Wildman–Crippen LogP) is 5.15. The summed E-state index contributed by atoms with van der Waals surface area (Å²) in [6, 6.07) is 6.31. The molecule has 1 aromatic carbocycles. The minimum Gasteiger partial charge on any atom is -0.300 e. The summed E-state index contributed by atoms with van der Waals surface area (Å²) in [7, 11) is 0. The summed E-state index contributed by atoms with van der Waals surface area (Å²) in [5, 5.41) is 0.675. The fourth-order valence-electron chi connectivity index (χ4n) is 3.38. The van der Waals surface area contributed by atoms with E-state index < -0.39 is 0 Å². The molecule has 0 radical (unpaired) electrons. The van der Waals surface area contributed by atoms with Crippen molar-refractivity contribution in [2.45, 2.75) is 60.4 Å². The van der Waals surface area contributed by atoms with E-state index in [0.717, 1.165) is 26.7 Å². The monoisotopic (exact) mass is 382 g/mol. The lowest BCUT2D eigenvalue weighted by Crippen LogP contribution is -2.26. The van der Waals surface area contributed by atoms with Gasteiger partial charge in [-0.1, -0.05) is 32.0 Å². The molecule has 27 heavy (non-hydrogen) atoms. The molecular weight excluding hydrogens is 356 g/mol. The number of aryl methyl sites for hydroxylation is 3. The van der Waals surface area contributed by atoms with Crippen molar-refractivity contribution in [2.24, 2.45) is 0 Å². The van der Waals surface area contributed by atoms with Crippen molar-refractivity contribution in [3.8, 4) is 11.1 Å². The lowest BCUT2D eigenvalue weighted by molar-refractivity contribution is -0.117. The number of hydrogen-bond acceptors (Lipinski definition) is 4. The first-order valence-corrected chi connectivity index (χ1v) is 10.1. The fraction of sp³-hybridized carbons (Fsp3) is 0.409. The van der Waals surface area contributed by atoms with Crippen LogP contribution in [0.1, 0.15) is 54.9 Å². The summed E-state index contributed by atoms with van der Waals surface area (Å²) in [5.41, 5.74) is 4.42. The first kappa shape index (κ1) is 19.5. The maximum Gasteiger partial charge on any atom is 0.262 e. The number of benzene rings is 1. The first-order valence-electron chi connectivity index (χ1n) is 9.31. The SMILES string of the molecule is CC(=O)CCn1c(C(C)C)nc2sc(C)c(-c3ccc(C)c(C)c3)c2c1=O. The Hall–Kier alpha value is -2.27. The van der Waals surface area contributed by atoms with Crippen LogP contribution in [0.15, 0.2) is 23.0 Å². The molecule has 4 nitrogen and oxygen atoms in total. The summed E-state index contributed by atoms with van der Waals surface area (Å²) in [6.45, 7) is 12.2. The van der Waals surface area contributed by atoms with Crippen LogP contribution in [0.3, 0.4) is 0 Å². The zero-order chi connectivity index (χ0) is 19.9. The molecule has 0 aliphatic heterocycles. The van der Waals surface area contributed by atoms with Crippen molar-refractivity contribution < 1.29 is 4.79 Å². The summed E-state index contributed by atoms with van der Waals surface area (Å²) in [4.78, 5) is 31.7. The summed E-state index contributed by atoms with van der Waals surface area (Å²) in [6.07, 6.45) is 0.342. The molecule has 3 aromatic rings. The number of ketones is 1. The van der Waals surface area contributed by atoms with Gasteiger partial charge in [0.15, 0.2) is 0 Å². The topological polar surface area (TPSA) is 52.0 Å². The lowest BCUT2D eigenvalue weighted by atomic mass is 9.99. The zero-order valence-electron chi connectivity index (χ0n) is 16.8. The van der Waals surface area contributed by atoms with Crippen LogP contribution in [0.25, 0.3) is 21.3 Å². The number of rotatable bonds is 5. The molecule has 0 aliphatic rings. The summed E-state index contributed by atoms with van der Waals surface area (Å²) >= 11 is 1.57. The van der Waals surface area contributed by atoms with E-state index in [1.54, 1.807) is 22.8 Å². The van der Waals surface area contributed by atoms with Crippen LogP contribution in [-0.4, -0.2) is 15.3 Å². The fourth-order valence-corrected chi connectivity index (χ4v) is 4.42. The highest BCUT2D eigenvalue weighted by atomic mass is 32.1. The molecule has 0 unspecified atom stereocenters. The Labute approximate surface area is 163 Å². The van der Waals surface area contributed by atoms with Gasteiger partial charge >= 0.3 is 0 Å². The van der Waals surface area contributed by atoms with Gasteiger partial charge in [0.25, 0.3) is 5.56 Å². The smallest absolute Gasteiger partial charge is 0.262 e. The molecule has 142 valence electrons. The second-order valence-electron chi connectivity index (χ2n) is 7.55. The molecular formula is C22H26N2O2S. The average Bonchev–Trinajstić information content (AvgIpc) is 2.92. The van der Waals surface area contributed by atoms with E-state index in [1.165, 1.54) is 11.1 Å². The Balaban J connectivity index is 2.32. The third kappa shape index (κ3) is 3.61. The van der Waals surface area contributed by atoms with Crippen molar-refractivity contribution in [3.05, 3.63) is 50.4 Å². The highest BCUT2D eigenvalue weighted by Crippen LogP contribution is 2.37. The number of hydrogen-bond donors (Lipinski definition) is 0. The number of fused-ring (bicyclic) bond motifs is 1. The van der Waals surface area contributed by atoms with Crippen molar-refractivity contribution >= 4 is 27.3 Å². The number of carbonyl (C=O) groups excluding carboxylic acids is 1. The van der Waals surface area contributed by atoms with Crippen LogP contribution in [-0.2, 0) is 11.3 Å². The van der Waals surface area contributed by atoms with Crippen LogP contribution in [0.5, 0.6) is 0 Å². The second-order valence-corrected chi connectivity index (χ2v) is 8.75. The van der Waals surface area contributed by atoms with Crippen molar-refractivity contribution in [1.82, 2.24) is 9.55 Å². The highest BCUT2D eigenvalue weighted by molar-refractivity contribution is 7.19. The van der Waals surface area contributed by atoms with E-state index in [1.807, 2.05) is 20.8 Å². The Kier molecular flexibility index (Phi) is 5.33. The van der Waals surface area contributed by atoms with E-state index in [4.69, 9.17) is 4.98 Å². The van der Waals surface area contributed by atoms with E-state index in [9.17, 15) is 9.59 Å². The Morgan fingerprint density at radius 1 is 1.19 bits per heavy atom. The van der Waals surface area contributed by atoms with Crippen molar-refractivity contribution in [1.29, 1.82) is 0 Å². The minimum atomic E-state index is -0.0393. The van der Waals surface area contributed by atoms with E-state index in [0.29, 0.717) is 18.4 Å². The number of Topliss-reactive ketones (excluding diaryl/α,β-unsaturated/α-hetero) is 1. The molecule has 0 N–H and O–H groups in total. The molecule has 2 heterocycles. The van der Waals surface area contributed by atoms with Gasteiger partial charge in [0.05, 0.1) is 5.39 Å². The maximum absolute atomic E-state index is 13.4. The number of carbonyl (C=O) groups is 1. The predicted molar refractivity (Wildman–Crippen MR) is 113 cm³/mol. The van der Waals surface area contributed by atoms with E-state index >= 15 is 0 Å². The third-order valence-corrected chi connectivity index (χ3v) is 6.02. The van der Waals surface area contributed by atoms with Gasteiger partial charge in [0.1, 0.15) is 16.4 Å². The minimum absolute atomic E-state index is 0.0393. The van der Waals surface area contributed by atoms with Crippen molar-refractivity contribution in [2.75, 3.05) is 0 Å². The number of nitrogens with zero attached hydrogens (tertiary/aromatic N) is 2. The second kappa shape index (κ2) is 7.39. The maximum atomic E-state index is 13.4. The van der Waals surface area contributed by atoms with Crippen LogP contribution in [0.4, 0.5) is 0 Å². The van der Waals surface area contributed by atoms with Crippen LogP contribution in [0.2, 0.25) is 0 Å². The summed E-state index contributed by atoms with van der Waals surface area (Å²) in [5.74, 6) is 0.941. The average molecular weight is 383 g/mol. The van der Waals surface area contributed by atoms with Crippen LogP contribution >= 0.6 is 11.3 Å². The molecule has 5 heteroatoms. The molecule has 3 rings (SSSR count).